The summed E-state index contributed by atoms with van der Waals surface area (Å²) in [6.07, 6.45) is 0. The first-order valence-electron chi connectivity index (χ1n) is 6.24. The molecule has 1 aromatic heterocycles. The van der Waals surface area contributed by atoms with Crippen LogP contribution in [0.2, 0.25) is 0 Å². The number of aromatic nitrogens is 1. The molecule has 1 heterocycles. The van der Waals surface area contributed by atoms with Crippen molar-refractivity contribution in [1.29, 1.82) is 0 Å². The lowest BCUT2D eigenvalue weighted by atomic mass is 10.2. The molecule has 3 rings (SSSR count). The van der Waals surface area contributed by atoms with Crippen LogP contribution in [0.25, 0.3) is 10.9 Å². The number of hydrogen-bond donors (Lipinski definition) is 1. The Bertz CT molecular complexity index is 744. The highest BCUT2D eigenvalue weighted by atomic mass is 19.1. The lowest BCUT2D eigenvalue weighted by Crippen LogP contribution is -2.02. The maximum atomic E-state index is 13.5. The number of anilines is 1. The van der Waals surface area contributed by atoms with Gasteiger partial charge in [0.25, 0.3) is 0 Å². The molecule has 2 aromatic carbocycles. The van der Waals surface area contributed by atoms with Gasteiger partial charge in [-0.3, -0.25) is 0 Å². The van der Waals surface area contributed by atoms with Gasteiger partial charge in [-0.1, -0.05) is 24.3 Å². The topological polar surface area (TPSA) is 30.9 Å². The third kappa shape index (κ3) is 2.08. The van der Waals surface area contributed by atoms with Gasteiger partial charge in [-0.25, -0.2) is 4.39 Å². The Morgan fingerprint density at radius 2 is 1.89 bits per heavy atom. The highest BCUT2D eigenvalue weighted by Gasteiger charge is 2.07. The number of fused-ring (bicyclic) bond motifs is 1. The van der Waals surface area contributed by atoms with Crippen molar-refractivity contribution in [2.75, 3.05) is 5.73 Å². The summed E-state index contributed by atoms with van der Waals surface area (Å²) in [5, 5.41) is 1.20. The van der Waals surface area contributed by atoms with Crippen molar-refractivity contribution in [3.63, 3.8) is 0 Å². The summed E-state index contributed by atoms with van der Waals surface area (Å²) < 4.78 is 15.7. The first kappa shape index (κ1) is 11.8. The number of halogens is 1. The summed E-state index contributed by atoms with van der Waals surface area (Å²) >= 11 is 0. The molecular formula is C16H15FN2. The van der Waals surface area contributed by atoms with Crippen molar-refractivity contribution in [2.45, 2.75) is 13.5 Å². The van der Waals surface area contributed by atoms with E-state index in [9.17, 15) is 4.39 Å². The van der Waals surface area contributed by atoms with Gasteiger partial charge >= 0.3 is 0 Å². The maximum Gasteiger partial charge on any atom is 0.146 e. The zero-order valence-corrected chi connectivity index (χ0v) is 10.7. The summed E-state index contributed by atoms with van der Waals surface area (Å²) in [5.74, 6) is -0.355. The van der Waals surface area contributed by atoms with Gasteiger partial charge in [-0.2, -0.15) is 0 Å². The third-order valence-electron chi connectivity index (χ3n) is 3.42. The van der Waals surface area contributed by atoms with Crippen molar-refractivity contribution < 1.29 is 4.39 Å². The van der Waals surface area contributed by atoms with E-state index in [0.717, 1.165) is 11.1 Å². The molecule has 0 aliphatic carbocycles. The molecule has 0 fully saturated rings. The summed E-state index contributed by atoms with van der Waals surface area (Å²) in [4.78, 5) is 0. The predicted octanol–water partition coefficient (Wildman–Crippen LogP) is 3.72. The zero-order chi connectivity index (χ0) is 13.4. The molecule has 0 radical (unpaired) electrons. The first-order chi connectivity index (χ1) is 9.15. The molecule has 2 nitrogen and oxygen atoms in total. The minimum Gasteiger partial charge on any atom is -0.396 e. The van der Waals surface area contributed by atoms with Crippen LogP contribution in [0, 0.1) is 12.7 Å². The van der Waals surface area contributed by atoms with E-state index in [4.69, 9.17) is 5.73 Å². The minimum atomic E-state index is -0.355. The number of rotatable bonds is 2. The van der Waals surface area contributed by atoms with Crippen LogP contribution in [0.15, 0.2) is 48.5 Å². The first-order valence-corrected chi connectivity index (χ1v) is 6.24. The molecule has 0 spiro atoms. The Balaban J connectivity index is 2.05. The number of benzene rings is 2. The van der Waals surface area contributed by atoms with Crippen molar-refractivity contribution in [2.24, 2.45) is 0 Å². The van der Waals surface area contributed by atoms with Gasteiger partial charge in [0.1, 0.15) is 5.82 Å². The number of nitrogens with zero attached hydrogens (tertiary/aromatic N) is 1. The van der Waals surface area contributed by atoms with Gasteiger partial charge in [0.05, 0.1) is 5.69 Å². The third-order valence-corrected chi connectivity index (χ3v) is 3.42. The van der Waals surface area contributed by atoms with E-state index in [1.165, 1.54) is 17.1 Å². The van der Waals surface area contributed by atoms with E-state index in [2.05, 4.69) is 29.7 Å². The summed E-state index contributed by atoms with van der Waals surface area (Å²) in [6, 6.07) is 15.3. The lowest BCUT2D eigenvalue weighted by Gasteiger charge is -2.09. The van der Waals surface area contributed by atoms with E-state index in [-0.39, 0.29) is 11.5 Å². The molecule has 3 aromatic rings. The van der Waals surface area contributed by atoms with Crippen molar-refractivity contribution in [3.05, 3.63) is 65.6 Å². The number of nitrogen functional groups attached to an aromatic ring is 1. The van der Waals surface area contributed by atoms with E-state index in [0.29, 0.717) is 6.54 Å². The summed E-state index contributed by atoms with van der Waals surface area (Å²) in [7, 11) is 0. The Labute approximate surface area is 111 Å². The van der Waals surface area contributed by atoms with Crippen molar-refractivity contribution >= 4 is 16.6 Å². The van der Waals surface area contributed by atoms with Gasteiger partial charge < -0.3 is 10.3 Å². The molecular weight excluding hydrogens is 239 g/mol. The highest BCUT2D eigenvalue weighted by molar-refractivity contribution is 5.81. The van der Waals surface area contributed by atoms with Crippen LogP contribution in [0.1, 0.15) is 11.3 Å². The van der Waals surface area contributed by atoms with Gasteiger partial charge in [-0.15, -0.1) is 0 Å². The molecule has 0 saturated heterocycles. The normalized spacial score (nSPS) is 11.1. The second-order valence-corrected chi connectivity index (χ2v) is 4.79. The van der Waals surface area contributed by atoms with Gasteiger partial charge in [-0.05, 0) is 42.1 Å². The average Bonchev–Trinajstić information content (AvgIpc) is 2.71. The zero-order valence-electron chi connectivity index (χ0n) is 10.7. The number of nitrogens with two attached hydrogens (primary N) is 1. The fourth-order valence-corrected chi connectivity index (χ4v) is 2.41. The molecule has 0 unspecified atom stereocenters. The SMILES string of the molecule is Cc1cc2ccccc2n1Cc1ccc(N)c(F)c1. The molecule has 0 amide bonds. The predicted molar refractivity (Wildman–Crippen MR) is 76.6 cm³/mol. The minimum absolute atomic E-state index is 0.192. The summed E-state index contributed by atoms with van der Waals surface area (Å²) in [6.45, 7) is 2.71. The molecule has 0 aliphatic rings. The molecule has 0 saturated carbocycles. The second-order valence-electron chi connectivity index (χ2n) is 4.79. The van der Waals surface area contributed by atoms with Gasteiger partial charge in [0.15, 0.2) is 0 Å². The van der Waals surface area contributed by atoms with Crippen molar-refractivity contribution in [3.8, 4) is 0 Å². The Kier molecular flexibility index (Phi) is 2.75. The lowest BCUT2D eigenvalue weighted by molar-refractivity contribution is 0.628. The molecule has 0 aliphatic heterocycles. The highest BCUT2D eigenvalue weighted by Crippen LogP contribution is 2.21. The molecule has 2 N–H and O–H groups in total. The van der Waals surface area contributed by atoms with Crippen LogP contribution in [0.3, 0.4) is 0 Å². The van der Waals surface area contributed by atoms with Gasteiger partial charge in [0, 0.05) is 17.8 Å². The van der Waals surface area contributed by atoms with Crippen LogP contribution < -0.4 is 5.73 Å². The molecule has 0 atom stereocenters. The van der Waals surface area contributed by atoms with Crippen LogP contribution in [-0.2, 0) is 6.54 Å². The van der Waals surface area contributed by atoms with Gasteiger partial charge in [0.2, 0.25) is 0 Å². The van der Waals surface area contributed by atoms with Crippen molar-refractivity contribution in [1.82, 2.24) is 4.57 Å². The van der Waals surface area contributed by atoms with E-state index in [1.54, 1.807) is 6.07 Å². The quantitative estimate of drug-likeness (QED) is 0.694. The van der Waals surface area contributed by atoms with Crippen LogP contribution in [0.5, 0.6) is 0 Å². The fraction of sp³-hybridized carbons (Fsp3) is 0.125. The van der Waals surface area contributed by atoms with Crippen LogP contribution in [0.4, 0.5) is 10.1 Å². The van der Waals surface area contributed by atoms with Crippen LogP contribution >= 0.6 is 0 Å². The Morgan fingerprint density at radius 3 is 2.68 bits per heavy atom. The van der Waals surface area contributed by atoms with E-state index < -0.39 is 0 Å². The largest absolute Gasteiger partial charge is 0.396 e. The number of aryl methyl sites for hydroxylation is 1. The Hall–Kier alpha value is -2.29. The molecule has 3 heteroatoms. The smallest absolute Gasteiger partial charge is 0.146 e. The maximum absolute atomic E-state index is 13.5. The molecule has 0 bridgehead atoms. The molecule has 96 valence electrons. The number of hydrogen-bond acceptors (Lipinski definition) is 1. The average molecular weight is 254 g/mol. The van der Waals surface area contributed by atoms with Crippen LogP contribution in [-0.4, -0.2) is 4.57 Å². The molecule has 19 heavy (non-hydrogen) atoms. The fourth-order valence-electron chi connectivity index (χ4n) is 2.41. The standard InChI is InChI=1S/C16H15FN2/c1-11-8-13-4-2-3-5-16(13)19(11)10-12-6-7-15(18)14(17)9-12/h2-9H,10,18H2,1H3. The second kappa shape index (κ2) is 4.43. The monoisotopic (exact) mass is 254 g/mol. The Morgan fingerprint density at radius 1 is 1.11 bits per heavy atom. The van der Waals surface area contributed by atoms with E-state index in [1.807, 2.05) is 18.2 Å². The number of para-hydroxylation sites is 1. The summed E-state index contributed by atoms with van der Waals surface area (Å²) in [5.41, 5.74) is 8.94. The van der Waals surface area contributed by atoms with E-state index >= 15 is 0 Å².